The molecular weight excluding hydrogens is 394 g/mol. The highest BCUT2D eigenvalue weighted by atomic mass is 35.5. The number of rotatable bonds is 3. The molecule has 1 aliphatic heterocycles. The van der Waals surface area contributed by atoms with Gasteiger partial charge in [-0.3, -0.25) is 9.59 Å². The third kappa shape index (κ3) is 3.20. The Bertz CT molecular complexity index is 841. The van der Waals surface area contributed by atoms with Crippen LogP contribution in [0.3, 0.4) is 0 Å². The lowest BCUT2D eigenvalue weighted by atomic mass is 10.2. The van der Waals surface area contributed by atoms with Crippen molar-refractivity contribution in [1.82, 2.24) is 0 Å². The normalized spacial score (nSPS) is 17.5. The molecule has 0 aromatic heterocycles. The summed E-state index contributed by atoms with van der Waals surface area (Å²) in [5.74, 6) is -0.778. The van der Waals surface area contributed by atoms with E-state index in [1.54, 1.807) is 24.3 Å². The van der Waals surface area contributed by atoms with E-state index in [0.717, 1.165) is 4.90 Å². The van der Waals surface area contributed by atoms with E-state index in [1.807, 2.05) is 0 Å². The monoisotopic (exact) mass is 402 g/mol. The minimum Gasteiger partial charge on any atom is -0.372 e. The lowest BCUT2D eigenvalue weighted by molar-refractivity contribution is -0.121. The van der Waals surface area contributed by atoms with Crippen LogP contribution in [0.4, 0.5) is 11.4 Å². The molecule has 0 saturated carbocycles. The first-order valence-electron chi connectivity index (χ1n) is 6.91. The fraction of sp³-hybridized carbons (Fsp3) is 0.125. The molecule has 124 valence electrons. The van der Waals surface area contributed by atoms with Gasteiger partial charge in [0.15, 0.2) is 0 Å². The molecule has 0 radical (unpaired) electrons. The van der Waals surface area contributed by atoms with Crippen LogP contribution < -0.4 is 10.2 Å². The van der Waals surface area contributed by atoms with E-state index >= 15 is 0 Å². The summed E-state index contributed by atoms with van der Waals surface area (Å²) in [5.41, 5.74) is 0.789. The van der Waals surface area contributed by atoms with Gasteiger partial charge in [0, 0.05) is 5.02 Å². The summed E-state index contributed by atoms with van der Waals surface area (Å²) in [6.45, 7) is 0. The molecule has 0 bridgehead atoms. The second-order valence-corrected chi connectivity index (χ2v) is 6.79. The summed E-state index contributed by atoms with van der Waals surface area (Å²) in [5, 5.41) is 4.26. The van der Waals surface area contributed by atoms with Crippen LogP contribution in [0.2, 0.25) is 20.1 Å². The molecule has 0 aliphatic carbocycles. The van der Waals surface area contributed by atoms with Crippen LogP contribution in [0.15, 0.2) is 36.4 Å². The zero-order valence-corrected chi connectivity index (χ0v) is 15.0. The molecule has 24 heavy (non-hydrogen) atoms. The minimum atomic E-state index is -0.750. The maximum absolute atomic E-state index is 12.6. The van der Waals surface area contributed by atoms with Crippen molar-refractivity contribution in [3.63, 3.8) is 0 Å². The lowest BCUT2D eigenvalue weighted by Gasteiger charge is -2.18. The van der Waals surface area contributed by atoms with E-state index in [2.05, 4.69) is 5.32 Å². The third-order valence-corrected chi connectivity index (χ3v) is 4.94. The van der Waals surface area contributed by atoms with E-state index in [0.29, 0.717) is 26.4 Å². The predicted octanol–water partition coefficient (Wildman–Crippen LogP) is 5.04. The number of amides is 2. The molecule has 1 atom stereocenters. The molecule has 4 nitrogen and oxygen atoms in total. The summed E-state index contributed by atoms with van der Waals surface area (Å²) in [6, 6.07) is 8.85. The Morgan fingerprint density at radius 2 is 1.75 bits per heavy atom. The first-order chi connectivity index (χ1) is 11.4. The molecule has 2 aromatic rings. The van der Waals surface area contributed by atoms with Crippen LogP contribution in [0.5, 0.6) is 0 Å². The van der Waals surface area contributed by atoms with Gasteiger partial charge in [0.05, 0.1) is 32.9 Å². The minimum absolute atomic E-state index is 0.0133. The summed E-state index contributed by atoms with van der Waals surface area (Å²) in [7, 11) is 0. The molecule has 3 rings (SSSR count). The average Bonchev–Trinajstić information content (AvgIpc) is 2.79. The van der Waals surface area contributed by atoms with E-state index in [9.17, 15) is 9.59 Å². The van der Waals surface area contributed by atoms with Gasteiger partial charge >= 0.3 is 0 Å². The number of carbonyl (C=O) groups excluding carboxylic acids is 2. The molecule has 2 amide bonds. The fourth-order valence-electron chi connectivity index (χ4n) is 2.46. The Labute approximate surface area is 158 Å². The first kappa shape index (κ1) is 17.4. The zero-order chi connectivity index (χ0) is 17.4. The van der Waals surface area contributed by atoms with Gasteiger partial charge < -0.3 is 5.32 Å². The quantitative estimate of drug-likeness (QED) is 0.730. The van der Waals surface area contributed by atoms with E-state index in [1.165, 1.54) is 12.1 Å². The largest absolute Gasteiger partial charge is 0.372 e. The molecule has 1 fully saturated rings. The number of imide groups is 1. The maximum atomic E-state index is 12.6. The Balaban J connectivity index is 1.88. The molecule has 2 aromatic carbocycles. The molecule has 1 saturated heterocycles. The van der Waals surface area contributed by atoms with Crippen LogP contribution >= 0.6 is 46.4 Å². The van der Waals surface area contributed by atoms with Crippen molar-refractivity contribution in [1.29, 1.82) is 0 Å². The van der Waals surface area contributed by atoms with Crippen LogP contribution in [-0.4, -0.2) is 17.9 Å². The summed E-state index contributed by atoms with van der Waals surface area (Å²) < 4.78 is 0. The average molecular weight is 404 g/mol. The molecule has 1 N–H and O–H groups in total. The molecule has 0 spiro atoms. The Morgan fingerprint density at radius 1 is 1.00 bits per heavy atom. The van der Waals surface area contributed by atoms with Crippen molar-refractivity contribution in [3.8, 4) is 0 Å². The summed E-state index contributed by atoms with van der Waals surface area (Å²) >= 11 is 24.0. The van der Waals surface area contributed by atoms with Crippen molar-refractivity contribution < 1.29 is 9.59 Å². The van der Waals surface area contributed by atoms with Gasteiger partial charge in [-0.2, -0.15) is 0 Å². The van der Waals surface area contributed by atoms with Crippen molar-refractivity contribution >= 4 is 69.6 Å². The molecular formula is C16H10Cl4N2O2. The van der Waals surface area contributed by atoms with Gasteiger partial charge in [0.2, 0.25) is 5.91 Å². The van der Waals surface area contributed by atoms with Crippen LogP contribution in [0.25, 0.3) is 0 Å². The number of nitrogens with one attached hydrogen (secondary N) is 1. The van der Waals surface area contributed by atoms with Crippen LogP contribution in [0, 0.1) is 0 Å². The van der Waals surface area contributed by atoms with E-state index in [-0.39, 0.29) is 17.4 Å². The van der Waals surface area contributed by atoms with Crippen LogP contribution in [0.1, 0.15) is 6.42 Å². The number of hydrogen-bond donors (Lipinski definition) is 1. The summed E-state index contributed by atoms with van der Waals surface area (Å²) in [4.78, 5) is 26.0. The van der Waals surface area contributed by atoms with Crippen molar-refractivity contribution in [2.45, 2.75) is 12.5 Å². The second kappa shape index (κ2) is 6.81. The Hall–Kier alpha value is -1.46. The number of halogens is 4. The predicted molar refractivity (Wildman–Crippen MR) is 97.4 cm³/mol. The SMILES string of the molecule is O=C1C[C@@H](Nc2cccc(Cl)c2Cl)C(=O)N1c1ccc(Cl)cc1Cl. The number of anilines is 2. The standard InChI is InChI=1S/C16H10Cl4N2O2/c17-8-4-5-13(10(19)6-8)22-14(23)7-12(16(22)24)21-11-3-1-2-9(18)15(11)20/h1-6,12,21H,7H2/t12-/m1/s1. The van der Waals surface area contributed by atoms with Gasteiger partial charge in [-0.1, -0.05) is 52.5 Å². The van der Waals surface area contributed by atoms with Gasteiger partial charge in [-0.25, -0.2) is 4.90 Å². The van der Waals surface area contributed by atoms with E-state index < -0.39 is 11.9 Å². The number of nitrogens with zero attached hydrogens (tertiary/aromatic N) is 1. The smallest absolute Gasteiger partial charge is 0.256 e. The molecule has 1 aliphatic rings. The van der Waals surface area contributed by atoms with Crippen molar-refractivity contribution in [3.05, 3.63) is 56.5 Å². The van der Waals surface area contributed by atoms with Crippen LogP contribution in [-0.2, 0) is 9.59 Å². The lowest BCUT2D eigenvalue weighted by Crippen LogP contribution is -2.35. The van der Waals surface area contributed by atoms with Crippen molar-refractivity contribution in [2.24, 2.45) is 0 Å². The zero-order valence-electron chi connectivity index (χ0n) is 12.0. The second-order valence-electron chi connectivity index (χ2n) is 5.17. The highest BCUT2D eigenvalue weighted by Gasteiger charge is 2.40. The van der Waals surface area contributed by atoms with Gasteiger partial charge in [-0.05, 0) is 30.3 Å². The Kier molecular flexibility index (Phi) is 4.92. The molecule has 1 heterocycles. The van der Waals surface area contributed by atoms with Gasteiger partial charge in [0.25, 0.3) is 5.91 Å². The number of carbonyl (C=O) groups is 2. The highest BCUT2D eigenvalue weighted by Crippen LogP contribution is 2.35. The maximum Gasteiger partial charge on any atom is 0.256 e. The topological polar surface area (TPSA) is 49.4 Å². The number of benzene rings is 2. The Morgan fingerprint density at radius 3 is 2.46 bits per heavy atom. The number of hydrogen-bond acceptors (Lipinski definition) is 3. The highest BCUT2D eigenvalue weighted by molar-refractivity contribution is 6.44. The van der Waals surface area contributed by atoms with Gasteiger partial charge in [0.1, 0.15) is 6.04 Å². The third-order valence-electron chi connectivity index (χ3n) is 3.58. The summed E-state index contributed by atoms with van der Waals surface area (Å²) in [6.07, 6.45) is -0.0133. The van der Waals surface area contributed by atoms with Gasteiger partial charge in [-0.15, -0.1) is 0 Å². The van der Waals surface area contributed by atoms with Crippen molar-refractivity contribution in [2.75, 3.05) is 10.2 Å². The molecule has 0 unspecified atom stereocenters. The first-order valence-corrected chi connectivity index (χ1v) is 8.42. The van der Waals surface area contributed by atoms with E-state index in [4.69, 9.17) is 46.4 Å². The molecule has 8 heteroatoms. The fourth-order valence-corrected chi connectivity index (χ4v) is 3.31.